The topological polar surface area (TPSA) is 70.2 Å². The van der Waals surface area contributed by atoms with Crippen LogP contribution in [0.25, 0.3) is 10.8 Å². The third kappa shape index (κ3) is 5.13. The lowest BCUT2D eigenvalue weighted by atomic mass is 10.1. The molecular weight excluding hydrogens is 398 g/mol. The average molecular weight is 424 g/mol. The molecule has 4 rings (SSSR count). The minimum absolute atomic E-state index is 0.0840. The fourth-order valence-electron chi connectivity index (χ4n) is 3.56. The Morgan fingerprint density at radius 2 is 1.47 bits per heavy atom. The molecule has 0 spiro atoms. The van der Waals surface area contributed by atoms with E-state index in [1.807, 2.05) is 79.7 Å². The first kappa shape index (κ1) is 21.1. The largest absolute Gasteiger partial charge is 0.376 e. The molecule has 0 fully saturated rings. The quantitative estimate of drug-likeness (QED) is 0.374. The summed E-state index contributed by atoms with van der Waals surface area (Å²) in [7, 11) is 0. The lowest BCUT2D eigenvalue weighted by Crippen LogP contribution is -2.26. The van der Waals surface area contributed by atoms with Gasteiger partial charge in [-0.05, 0) is 48.2 Å². The van der Waals surface area contributed by atoms with Gasteiger partial charge >= 0.3 is 0 Å². The van der Waals surface area contributed by atoms with Gasteiger partial charge in [-0.1, -0.05) is 66.7 Å². The molecule has 32 heavy (non-hydrogen) atoms. The van der Waals surface area contributed by atoms with Gasteiger partial charge in [-0.2, -0.15) is 0 Å². The molecule has 4 aromatic carbocycles. The molecule has 1 atom stereocenters. The molecule has 4 aromatic rings. The van der Waals surface area contributed by atoms with Crippen molar-refractivity contribution in [1.29, 1.82) is 0 Å². The lowest BCUT2D eigenvalue weighted by molar-refractivity contribution is -0.114. The number of hydrogen-bond acceptors (Lipinski definition) is 3. The zero-order valence-electron chi connectivity index (χ0n) is 17.8. The maximum absolute atomic E-state index is 12.5. The summed E-state index contributed by atoms with van der Waals surface area (Å²) in [5.74, 6) is -0.276. The second-order valence-corrected chi connectivity index (χ2v) is 7.61. The van der Waals surface area contributed by atoms with Gasteiger partial charge in [0.1, 0.15) is 0 Å². The number of amides is 2. The van der Waals surface area contributed by atoms with Crippen molar-refractivity contribution in [3.05, 3.63) is 108 Å². The molecule has 0 saturated heterocycles. The van der Waals surface area contributed by atoms with E-state index in [0.29, 0.717) is 5.56 Å². The van der Waals surface area contributed by atoms with Crippen molar-refractivity contribution in [3.63, 3.8) is 0 Å². The van der Waals surface area contributed by atoms with Crippen LogP contribution in [0.4, 0.5) is 11.4 Å². The molecule has 5 heteroatoms. The standard InChI is InChI=1S/C27H25N3O2/c1-19(20-8-3-2-4-9-20)29-27(32)22-14-16-23(17-15-22)28-18-26(31)30-25-13-7-11-21-10-5-6-12-24(21)25/h2-17,19,28H,18H2,1H3,(H,29,32)(H,30,31). The molecule has 0 bridgehead atoms. The fraction of sp³-hybridized carbons (Fsp3) is 0.111. The summed E-state index contributed by atoms with van der Waals surface area (Å²) in [5.41, 5.74) is 3.18. The van der Waals surface area contributed by atoms with Gasteiger partial charge in [0.2, 0.25) is 5.91 Å². The molecule has 0 aromatic heterocycles. The summed E-state index contributed by atoms with van der Waals surface area (Å²) >= 11 is 0. The molecule has 0 heterocycles. The Morgan fingerprint density at radius 1 is 0.781 bits per heavy atom. The van der Waals surface area contributed by atoms with Crippen LogP contribution in [0, 0.1) is 0 Å². The first-order valence-electron chi connectivity index (χ1n) is 10.6. The fourth-order valence-corrected chi connectivity index (χ4v) is 3.56. The Morgan fingerprint density at radius 3 is 2.25 bits per heavy atom. The first-order valence-corrected chi connectivity index (χ1v) is 10.6. The van der Waals surface area contributed by atoms with Crippen LogP contribution >= 0.6 is 0 Å². The van der Waals surface area contributed by atoms with Crippen molar-refractivity contribution in [1.82, 2.24) is 5.32 Å². The van der Waals surface area contributed by atoms with Crippen molar-refractivity contribution in [2.45, 2.75) is 13.0 Å². The van der Waals surface area contributed by atoms with E-state index in [1.165, 1.54) is 0 Å². The molecule has 0 saturated carbocycles. The van der Waals surface area contributed by atoms with E-state index in [-0.39, 0.29) is 24.4 Å². The van der Waals surface area contributed by atoms with Gasteiger partial charge in [-0.25, -0.2) is 0 Å². The van der Waals surface area contributed by atoms with Crippen LogP contribution in [-0.2, 0) is 4.79 Å². The Hall–Kier alpha value is -4.12. The predicted molar refractivity (Wildman–Crippen MR) is 130 cm³/mol. The van der Waals surface area contributed by atoms with Crippen molar-refractivity contribution in [2.75, 3.05) is 17.2 Å². The normalized spacial score (nSPS) is 11.5. The van der Waals surface area contributed by atoms with Crippen LogP contribution in [0.15, 0.2) is 97.1 Å². The maximum atomic E-state index is 12.5. The van der Waals surface area contributed by atoms with E-state index in [0.717, 1.165) is 27.7 Å². The van der Waals surface area contributed by atoms with Crippen molar-refractivity contribution in [2.24, 2.45) is 0 Å². The van der Waals surface area contributed by atoms with E-state index in [1.54, 1.807) is 24.3 Å². The van der Waals surface area contributed by atoms with E-state index >= 15 is 0 Å². The SMILES string of the molecule is CC(NC(=O)c1ccc(NCC(=O)Nc2cccc3ccccc23)cc1)c1ccccc1. The van der Waals surface area contributed by atoms with Gasteiger partial charge in [0, 0.05) is 22.3 Å². The van der Waals surface area contributed by atoms with Crippen LogP contribution in [0.1, 0.15) is 28.9 Å². The number of fused-ring (bicyclic) bond motifs is 1. The third-order valence-electron chi connectivity index (χ3n) is 5.31. The zero-order chi connectivity index (χ0) is 22.3. The Balaban J connectivity index is 1.31. The summed E-state index contributed by atoms with van der Waals surface area (Å²) in [4.78, 5) is 24.9. The number of carbonyl (C=O) groups excluding carboxylic acids is 2. The van der Waals surface area contributed by atoms with Gasteiger partial charge < -0.3 is 16.0 Å². The predicted octanol–water partition coefficient (Wildman–Crippen LogP) is 5.38. The minimum Gasteiger partial charge on any atom is -0.376 e. The van der Waals surface area contributed by atoms with E-state index in [4.69, 9.17) is 0 Å². The third-order valence-corrected chi connectivity index (χ3v) is 5.31. The van der Waals surface area contributed by atoms with E-state index < -0.39 is 0 Å². The van der Waals surface area contributed by atoms with Crippen LogP contribution in [0.5, 0.6) is 0 Å². The van der Waals surface area contributed by atoms with Gasteiger partial charge in [-0.3, -0.25) is 9.59 Å². The van der Waals surface area contributed by atoms with Crippen molar-refractivity contribution in [3.8, 4) is 0 Å². The summed E-state index contributed by atoms with van der Waals surface area (Å²) in [5, 5.41) is 11.1. The van der Waals surface area contributed by atoms with Gasteiger partial charge in [0.25, 0.3) is 5.91 Å². The average Bonchev–Trinajstić information content (AvgIpc) is 2.84. The summed E-state index contributed by atoms with van der Waals surface area (Å²) < 4.78 is 0. The summed E-state index contributed by atoms with van der Waals surface area (Å²) in [6.07, 6.45) is 0. The minimum atomic E-state index is -0.139. The highest BCUT2D eigenvalue weighted by atomic mass is 16.2. The van der Waals surface area contributed by atoms with Crippen molar-refractivity contribution >= 4 is 34.0 Å². The van der Waals surface area contributed by atoms with Crippen LogP contribution < -0.4 is 16.0 Å². The summed E-state index contributed by atoms with van der Waals surface area (Å²) in [6.45, 7) is 2.08. The number of hydrogen-bond donors (Lipinski definition) is 3. The maximum Gasteiger partial charge on any atom is 0.251 e. The Labute approximate surface area is 187 Å². The van der Waals surface area contributed by atoms with E-state index in [9.17, 15) is 9.59 Å². The van der Waals surface area contributed by atoms with Crippen molar-refractivity contribution < 1.29 is 9.59 Å². The zero-order valence-corrected chi connectivity index (χ0v) is 17.8. The number of rotatable bonds is 7. The van der Waals surface area contributed by atoms with E-state index in [2.05, 4.69) is 16.0 Å². The highest BCUT2D eigenvalue weighted by molar-refractivity contribution is 6.03. The highest BCUT2D eigenvalue weighted by Gasteiger charge is 2.11. The van der Waals surface area contributed by atoms with Crippen LogP contribution in [-0.4, -0.2) is 18.4 Å². The Kier molecular flexibility index (Phi) is 6.46. The number of anilines is 2. The highest BCUT2D eigenvalue weighted by Crippen LogP contribution is 2.23. The molecule has 0 aliphatic carbocycles. The smallest absolute Gasteiger partial charge is 0.251 e. The second kappa shape index (κ2) is 9.79. The molecule has 1 unspecified atom stereocenters. The molecule has 0 radical (unpaired) electrons. The molecular formula is C27H25N3O2. The number of nitrogens with one attached hydrogen (secondary N) is 3. The van der Waals surface area contributed by atoms with Crippen LogP contribution in [0.2, 0.25) is 0 Å². The van der Waals surface area contributed by atoms with Gasteiger partial charge in [-0.15, -0.1) is 0 Å². The second-order valence-electron chi connectivity index (χ2n) is 7.61. The first-order chi connectivity index (χ1) is 15.6. The molecule has 2 amide bonds. The molecule has 160 valence electrons. The lowest BCUT2D eigenvalue weighted by Gasteiger charge is -2.14. The molecule has 0 aliphatic heterocycles. The summed E-state index contributed by atoms with van der Waals surface area (Å²) in [6, 6.07) is 30.6. The van der Waals surface area contributed by atoms with Crippen LogP contribution in [0.3, 0.4) is 0 Å². The Bertz CT molecular complexity index is 1220. The van der Waals surface area contributed by atoms with Gasteiger partial charge in [0.05, 0.1) is 12.6 Å². The van der Waals surface area contributed by atoms with Gasteiger partial charge in [0.15, 0.2) is 0 Å². The molecule has 3 N–H and O–H groups in total. The molecule has 5 nitrogen and oxygen atoms in total. The number of benzene rings is 4. The number of carbonyl (C=O) groups is 2. The molecule has 0 aliphatic rings. The monoisotopic (exact) mass is 423 g/mol.